The molecular formula is C7H9BO. The molecule has 0 spiro atoms. The van der Waals surface area contributed by atoms with Gasteiger partial charge in [-0.3, -0.25) is 0 Å². The summed E-state index contributed by atoms with van der Waals surface area (Å²) < 4.78 is 4.81. The summed E-state index contributed by atoms with van der Waals surface area (Å²) in [7, 11) is 6.80. The Balaban J connectivity index is 4.07. The van der Waals surface area contributed by atoms with E-state index < -0.39 is 0 Å². The summed E-state index contributed by atoms with van der Waals surface area (Å²) in [6, 6.07) is 0. The highest BCUT2D eigenvalue weighted by molar-refractivity contribution is 6.23. The van der Waals surface area contributed by atoms with Gasteiger partial charge >= 0.3 is 0 Å². The Morgan fingerprint density at radius 3 is 2.33 bits per heavy atom. The Morgan fingerprint density at radius 1 is 1.67 bits per heavy atom. The molecule has 0 saturated heterocycles. The van der Waals surface area contributed by atoms with E-state index in [1.165, 1.54) is 0 Å². The first-order valence-electron chi connectivity index (χ1n) is 2.53. The van der Waals surface area contributed by atoms with Crippen LogP contribution in [0.4, 0.5) is 0 Å². The van der Waals surface area contributed by atoms with Crippen LogP contribution in [0.5, 0.6) is 0 Å². The first kappa shape index (κ1) is 8.08. The van der Waals surface area contributed by atoms with E-state index in [0.717, 1.165) is 0 Å². The molecule has 9 heavy (non-hydrogen) atoms. The number of hydrogen-bond acceptors (Lipinski definition) is 1. The molecule has 0 aliphatic carbocycles. The summed E-state index contributed by atoms with van der Waals surface area (Å²) in [4.78, 5) is 0. The maximum atomic E-state index is 5.25. The minimum Gasteiger partial charge on any atom is -0.497 e. The van der Waals surface area contributed by atoms with E-state index in [2.05, 4.69) is 13.2 Å². The highest BCUT2D eigenvalue weighted by Gasteiger charge is 1.84. The third kappa shape index (κ3) is 3.65. The summed E-state index contributed by atoms with van der Waals surface area (Å²) in [5, 5.41) is 0. The van der Waals surface area contributed by atoms with Gasteiger partial charge in [0, 0.05) is 0 Å². The lowest BCUT2D eigenvalue weighted by molar-refractivity contribution is 0.307. The van der Waals surface area contributed by atoms with Crippen LogP contribution < -0.4 is 0 Å². The van der Waals surface area contributed by atoms with Gasteiger partial charge in [0.15, 0.2) is 0 Å². The standard InChI is InChI=1S/C7H9BO/c1-4-7(9-3)5-6(2)8/h4-5H,1-2H2,3H3. The van der Waals surface area contributed by atoms with Crippen molar-refractivity contribution in [3.63, 3.8) is 0 Å². The predicted molar refractivity (Wildman–Crippen MR) is 40.2 cm³/mol. The molecule has 2 heteroatoms. The summed E-state index contributed by atoms with van der Waals surface area (Å²) in [5.74, 6) is 0.627. The number of ether oxygens (including phenoxy) is 1. The number of rotatable bonds is 3. The van der Waals surface area contributed by atoms with Crippen LogP contribution in [0.3, 0.4) is 0 Å². The van der Waals surface area contributed by atoms with Gasteiger partial charge in [0.1, 0.15) is 13.6 Å². The molecular weight excluding hydrogens is 111 g/mol. The molecule has 0 aromatic carbocycles. The van der Waals surface area contributed by atoms with Gasteiger partial charge in [0.05, 0.1) is 7.11 Å². The van der Waals surface area contributed by atoms with Crippen LogP contribution in [0, 0.1) is 0 Å². The van der Waals surface area contributed by atoms with Crippen molar-refractivity contribution in [1.82, 2.24) is 0 Å². The van der Waals surface area contributed by atoms with Crippen molar-refractivity contribution < 1.29 is 4.74 Å². The van der Waals surface area contributed by atoms with E-state index in [4.69, 9.17) is 12.6 Å². The maximum Gasteiger partial charge on any atom is 0.117 e. The molecule has 46 valence electrons. The Morgan fingerprint density at radius 2 is 2.22 bits per heavy atom. The molecule has 0 aliphatic heterocycles. The third-order valence-corrected chi connectivity index (χ3v) is 0.765. The minimum absolute atomic E-state index is 0.465. The lowest BCUT2D eigenvalue weighted by atomic mass is 9.97. The molecule has 2 radical (unpaired) electrons. The van der Waals surface area contributed by atoms with Crippen LogP contribution in [-0.4, -0.2) is 15.0 Å². The van der Waals surface area contributed by atoms with Gasteiger partial charge in [-0.05, 0) is 12.2 Å². The average Bonchev–Trinajstić information content (AvgIpc) is 1.82. The fourth-order valence-corrected chi connectivity index (χ4v) is 0.384. The fraction of sp³-hybridized carbons (Fsp3) is 0.143. The molecule has 0 heterocycles. The zero-order chi connectivity index (χ0) is 7.28. The van der Waals surface area contributed by atoms with Gasteiger partial charge in [0.25, 0.3) is 0 Å². The lowest BCUT2D eigenvalue weighted by Gasteiger charge is -1.97. The van der Waals surface area contributed by atoms with Crippen LogP contribution in [0.1, 0.15) is 0 Å². The van der Waals surface area contributed by atoms with E-state index in [-0.39, 0.29) is 0 Å². The second-order valence-electron chi connectivity index (χ2n) is 1.53. The Kier molecular flexibility index (Phi) is 3.61. The van der Waals surface area contributed by atoms with Crippen molar-refractivity contribution >= 4 is 7.85 Å². The smallest absolute Gasteiger partial charge is 0.117 e. The second-order valence-corrected chi connectivity index (χ2v) is 1.53. The molecule has 0 aliphatic rings. The Hall–Kier alpha value is -0.915. The van der Waals surface area contributed by atoms with Crippen molar-refractivity contribution in [3.8, 4) is 0 Å². The highest BCUT2D eigenvalue weighted by Crippen LogP contribution is 1.98. The first-order chi connectivity index (χ1) is 4.20. The van der Waals surface area contributed by atoms with E-state index in [0.29, 0.717) is 11.2 Å². The zero-order valence-corrected chi connectivity index (χ0v) is 5.55. The zero-order valence-electron chi connectivity index (χ0n) is 5.55. The molecule has 1 nitrogen and oxygen atoms in total. The number of methoxy groups -OCH3 is 1. The third-order valence-electron chi connectivity index (χ3n) is 0.765. The van der Waals surface area contributed by atoms with E-state index >= 15 is 0 Å². The monoisotopic (exact) mass is 120 g/mol. The second kappa shape index (κ2) is 4.01. The van der Waals surface area contributed by atoms with Gasteiger partial charge in [-0.2, -0.15) is 0 Å². The van der Waals surface area contributed by atoms with Gasteiger partial charge in [0.2, 0.25) is 0 Å². The largest absolute Gasteiger partial charge is 0.497 e. The molecule has 0 atom stereocenters. The Labute approximate surface area is 57.1 Å². The van der Waals surface area contributed by atoms with Crippen molar-refractivity contribution in [1.29, 1.82) is 0 Å². The van der Waals surface area contributed by atoms with Crippen LogP contribution in [-0.2, 0) is 4.74 Å². The van der Waals surface area contributed by atoms with Crippen LogP contribution in [0.2, 0.25) is 0 Å². The summed E-state index contributed by atoms with van der Waals surface area (Å²) in [6.07, 6.45) is 3.17. The number of allylic oxidation sites excluding steroid dienone is 3. The molecule has 0 bridgehead atoms. The van der Waals surface area contributed by atoms with Gasteiger partial charge in [-0.1, -0.05) is 6.58 Å². The van der Waals surface area contributed by atoms with E-state index in [1.807, 2.05) is 0 Å². The maximum absolute atomic E-state index is 5.25. The molecule has 0 saturated carbocycles. The normalized spacial score (nSPS) is 10.6. The van der Waals surface area contributed by atoms with Crippen LogP contribution in [0.25, 0.3) is 0 Å². The summed E-state index contributed by atoms with van der Waals surface area (Å²) in [5.41, 5.74) is 0.465. The fourth-order valence-electron chi connectivity index (χ4n) is 0.384. The average molecular weight is 120 g/mol. The minimum atomic E-state index is 0.465. The Bertz CT molecular complexity index is 147. The van der Waals surface area contributed by atoms with E-state index in [9.17, 15) is 0 Å². The summed E-state index contributed by atoms with van der Waals surface area (Å²) in [6.45, 7) is 6.96. The summed E-state index contributed by atoms with van der Waals surface area (Å²) >= 11 is 0. The van der Waals surface area contributed by atoms with Crippen molar-refractivity contribution in [3.05, 3.63) is 36.5 Å². The SMILES string of the molecule is [B]C(=C)C=C(C=C)OC. The topological polar surface area (TPSA) is 9.23 Å². The van der Waals surface area contributed by atoms with Gasteiger partial charge < -0.3 is 4.74 Å². The van der Waals surface area contributed by atoms with Gasteiger partial charge in [-0.25, -0.2) is 0 Å². The lowest BCUT2D eigenvalue weighted by Crippen LogP contribution is -1.82. The molecule has 0 amide bonds. The van der Waals surface area contributed by atoms with Crippen molar-refractivity contribution in [2.75, 3.05) is 7.11 Å². The molecule has 0 unspecified atom stereocenters. The van der Waals surface area contributed by atoms with E-state index in [1.54, 1.807) is 19.3 Å². The molecule has 0 rings (SSSR count). The van der Waals surface area contributed by atoms with Crippen LogP contribution in [0.15, 0.2) is 36.5 Å². The molecule has 0 aromatic rings. The molecule has 0 fully saturated rings. The van der Waals surface area contributed by atoms with Crippen molar-refractivity contribution in [2.45, 2.75) is 0 Å². The number of hydrogen-bond donors (Lipinski definition) is 0. The van der Waals surface area contributed by atoms with Crippen LogP contribution >= 0.6 is 0 Å². The molecule has 0 aromatic heterocycles. The van der Waals surface area contributed by atoms with Gasteiger partial charge in [-0.15, -0.1) is 12.1 Å². The van der Waals surface area contributed by atoms with Crippen molar-refractivity contribution in [2.24, 2.45) is 0 Å². The first-order valence-corrected chi connectivity index (χ1v) is 2.53. The quantitative estimate of drug-likeness (QED) is 0.310. The highest BCUT2D eigenvalue weighted by atomic mass is 16.5. The molecule has 0 N–H and O–H groups in total. The predicted octanol–water partition coefficient (Wildman–Crippen LogP) is 1.38.